The highest BCUT2D eigenvalue weighted by Gasteiger charge is 2.20. The molecular formula is C17H13FN6O3. The third-order valence-electron chi connectivity index (χ3n) is 3.81. The van der Waals surface area contributed by atoms with Crippen molar-refractivity contribution in [1.82, 2.24) is 25.0 Å². The minimum atomic E-state index is -0.734. The van der Waals surface area contributed by atoms with Crippen molar-refractivity contribution in [3.05, 3.63) is 54.0 Å². The van der Waals surface area contributed by atoms with Gasteiger partial charge in [0.1, 0.15) is 5.82 Å². The number of amides is 1. The molecule has 10 heteroatoms. The molecule has 1 amide bonds. The van der Waals surface area contributed by atoms with E-state index in [1.807, 2.05) is 0 Å². The Bertz CT molecular complexity index is 1120. The van der Waals surface area contributed by atoms with Crippen LogP contribution in [-0.2, 0) is 11.3 Å². The molecule has 27 heavy (non-hydrogen) atoms. The van der Waals surface area contributed by atoms with Gasteiger partial charge in [-0.25, -0.2) is 24.2 Å². The van der Waals surface area contributed by atoms with Gasteiger partial charge in [0.25, 0.3) is 5.89 Å². The van der Waals surface area contributed by atoms with E-state index in [2.05, 4.69) is 30.3 Å². The molecule has 3 heterocycles. The quantitative estimate of drug-likeness (QED) is 0.590. The molecule has 9 nitrogen and oxygen atoms in total. The standard InChI is InChI=1S/C17H13FN6O3/c1-26-17(25)20-16-22-21-15(27-16)13-11-6-4-8-19-14(11)24(23-13)9-10-5-2-3-7-12(10)18/h2-8H,9H2,1H3,(H,20,22,25). The van der Waals surface area contributed by atoms with Gasteiger partial charge < -0.3 is 9.15 Å². The average Bonchev–Trinajstić information content (AvgIpc) is 3.28. The third kappa shape index (κ3) is 3.19. The second-order valence-electron chi connectivity index (χ2n) is 5.50. The summed E-state index contributed by atoms with van der Waals surface area (Å²) in [6.45, 7) is 0.182. The Labute approximate surface area is 151 Å². The lowest BCUT2D eigenvalue weighted by atomic mass is 10.2. The van der Waals surface area contributed by atoms with Gasteiger partial charge in [-0.1, -0.05) is 23.3 Å². The largest absolute Gasteiger partial charge is 0.453 e. The molecule has 0 fully saturated rings. The molecule has 0 bridgehead atoms. The molecule has 1 aromatic carbocycles. The molecule has 0 unspecified atom stereocenters. The van der Waals surface area contributed by atoms with Gasteiger partial charge in [0.15, 0.2) is 11.3 Å². The molecule has 0 aliphatic carbocycles. The van der Waals surface area contributed by atoms with Gasteiger partial charge >= 0.3 is 12.1 Å². The van der Waals surface area contributed by atoms with Crippen LogP contribution in [0.5, 0.6) is 0 Å². The summed E-state index contributed by atoms with van der Waals surface area (Å²) in [4.78, 5) is 15.6. The summed E-state index contributed by atoms with van der Waals surface area (Å²) >= 11 is 0. The molecule has 0 saturated heterocycles. The number of methoxy groups -OCH3 is 1. The van der Waals surface area contributed by atoms with E-state index in [1.165, 1.54) is 13.2 Å². The molecule has 4 rings (SSSR count). The number of nitrogens with zero attached hydrogens (tertiary/aromatic N) is 5. The lowest BCUT2D eigenvalue weighted by molar-refractivity contribution is 0.186. The Morgan fingerprint density at radius 2 is 2.11 bits per heavy atom. The fourth-order valence-electron chi connectivity index (χ4n) is 2.57. The van der Waals surface area contributed by atoms with Gasteiger partial charge in [-0.3, -0.25) is 0 Å². The van der Waals surface area contributed by atoms with Crippen LogP contribution in [0, 0.1) is 5.82 Å². The fourth-order valence-corrected chi connectivity index (χ4v) is 2.57. The average molecular weight is 368 g/mol. The SMILES string of the molecule is COC(=O)Nc1nnc(-c2nn(Cc3ccccc3F)c3ncccc23)o1. The van der Waals surface area contributed by atoms with Crippen LogP contribution in [0.2, 0.25) is 0 Å². The predicted octanol–water partition coefficient (Wildman–Crippen LogP) is 2.85. The number of fused-ring (bicyclic) bond motifs is 1. The summed E-state index contributed by atoms with van der Waals surface area (Å²) in [7, 11) is 1.22. The number of rotatable bonds is 4. The summed E-state index contributed by atoms with van der Waals surface area (Å²) in [6.07, 6.45) is 0.880. The summed E-state index contributed by atoms with van der Waals surface area (Å²) < 4.78 is 25.5. The fraction of sp³-hybridized carbons (Fsp3) is 0.118. The molecule has 136 valence electrons. The van der Waals surface area contributed by atoms with Crippen molar-refractivity contribution >= 4 is 23.1 Å². The summed E-state index contributed by atoms with van der Waals surface area (Å²) in [6, 6.07) is 9.84. The second-order valence-corrected chi connectivity index (χ2v) is 5.50. The number of halogens is 1. The van der Waals surface area contributed by atoms with E-state index in [4.69, 9.17) is 4.42 Å². The number of benzene rings is 1. The van der Waals surface area contributed by atoms with Gasteiger partial charge in [0.05, 0.1) is 19.0 Å². The van der Waals surface area contributed by atoms with Crippen molar-refractivity contribution in [2.24, 2.45) is 0 Å². The van der Waals surface area contributed by atoms with E-state index in [1.54, 1.807) is 41.2 Å². The molecule has 0 aliphatic rings. The van der Waals surface area contributed by atoms with Crippen molar-refractivity contribution in [1.29, 1.82) is 0 Å². The Balaban J connectivity index is 1.74. The first kappa shape index (κ1) is 16.6. The minimum absolute atomic E-state index is 0.0895. The van der Waals surface area contributed by atoms with Crippen molar-refractivity contribution in [2.45, 2.75) is 6.54 Å². The van der Waals surface area contributed by atoms with Crippen molar-refractivity contribution in [3.8, 4) is 11.6 Å². The maximum absolute atomic E-state index is 14.0. The van der Waals surface area contributed by atoms with Crippen LogP contribution in [0.25, 0.3) is 22.6 Å². The first-order valence-electron chi connectivity index (χ1n) is 7.89. The van der Waals surface area contributed by atoms with Crippen LogP contribution in [-0.4, -0.2) is 38.2 Å². The molecule has 1 N–H and O–H groups in total. The van der Waals surface area contributed by atoms with Crippen LogP contribution in [0.3, 0.4) is 0 Å². The van der Waals surface area contributed by atoms with Crippen LogP contribution in [0.4, 0.5) is 15.2 Å². The van der Waals surface area contributed by atoms with Crippen LogP contribution >= 0.6 is 0 Å². The number of carbonyl (C=O) groups is 1. The van der Waals surface area contributed by atoms with E-state index < -0.39 is 6.09 Å². The smallest absolute Gasteiger partial charge is 0.415 e. The first-order valence-corrected chi connectivity index (χ1v) is 7.89. The number of hydrogen-bond acceptors (Lipinski definition) is 7. The molecular weight excluding hydrogens is 355 g/mol. The molecule has 0 saturated carbocycles. The van der Waals surface area contributed by atoms with Gasteiger partial charge in [0, 0.05) is 11.8 Å². The number of anilines is 1. The zero-order valence-corrected chi connectivity index (χ0v) is 14.1. The van der Waals surface area contributed by atoms with E-state index in [9.17, 15) is 9.18 Å². The number of carbonyl (C=O) groups excluding carboxylic acids is 1. The van der Waals surface area contributed by atoms with E-state index in [0.717, 1.165) is 0 Å². The molecule has 0 atom stereocenters. The lowest BCUT2D eigenvalue weighted by Gasteiger charge is -2.04. The van der Waals surface area contributed by atoms with Crippen molar-refractivity contribution in [3.63, 3.8) is 0 Å². The van der Waals surface area contributed by atoms with Crippen LogP contribution in [0.15, 0.2) is 47.0 Å². The van der Waals surface area contributed by atoms with E-state index >= 15 is 0 Å². The molecule has 4 aromatic rings. The number of nitrogens with one attached hydrogen (secondary N) is 1. The number of aromatic nitrogens is 5. The maximum Gasteiger partial charge on any atom is 0.415 e. The normalized spacial score (nSPS) is 10.9. The number of ether oxygens (including phenoxy) is 1. The van der Waals surface area contributed by atoms with Crippen LogP contribution in [0.1, 0.15) is 5.56 Å². The monoisotopic (exact) mass is 368 g/mol. The zero-order chi connectivity index (χ0) is 18.8. The van der Waals surface area contributed by atoms with Gasteiger partial charge in [0.2, 0.25) is 0 Å². The highest BCUT2D eigenvalue weighted by Crippen LogP contribution is 2.27. The van der Waals surface area contributed by atoms with Gasteiger partial charge in [-0.15, -0.1) is 5.10 Å². The Morgan fingerprint density at radius 1 is 1.26 bits per heavy atom. The predicted molar refractivity (Wildman–Crippen MR) is 92.3 cm³/mol. The molecule has 0 aliphatic heterocycles. The van der Waals surface area contributed by atoms with Crippen molar-refractivity contribution in [2.75, 3.05) is 12.4 Å². The molecule has 0 radical (unpaired) electrons. The number of pyridine rings is 1. The molecule has 0 spiro atoms. The Hall–Kier alpha value is -3.82. The summed E-state index contributed by atoms with van der Waals surface area (Å²) in [5.74, 6) is -0.243. The van der Waals surface area contributed by atoms with Crippen LogP contribution < -0.4 is 5.32 Å². The minimum Gasteiger partial charge on any atom is -0.453 e. The van der Waals surface area contributed by atoms with Gasteiger partial charge in [-0.2, -0.15) is 5.10 Å². The highest BCUT2D eigenvalue weighted by molar-refractivity contribution is 5.89. The Kier molecular flexibility index (Phi) is 4.21. The second kappa shape index (κ2) is 6.83. The Morgan fingerprint density at radius 3 is 2.93 bits per heavy atom. The lowest BCUT2D eigenvalue weighted by Crippen LogP contribution is -2.10. The van der Waals surface area contributed by atoms with Gasteiger partial charge in [-0.05, 0) is 18.2 Å². The maximum atomic E-state index is 14.0. The summed E-state index contributed by atoms with van der Waals surface area (Å²) in [5, 5.41) is 15.0. The highest BCUT2D eigenvalue weighted by atomic mass is 19.1. The molecule has 3 aromatic heterocycles. The number of hydrogen-bond donors (Lipinski definition) is 1. The third-order valence-corrected chi connectivity index (χ3v) is 3.81. The van der Waals surface area contributed by atoms with E-state index in [-0.39, 0.29) is 24.3 Å². The zero-order valence-electron chi connectivity index (χ0n) is 14.1. The summed E-state index contributed by atoms with van der Waals surface area (Å²) in [5.41, 5.74) is 1.38. The van der Waals surface area contributed by atoms with Crippen molar-refractivity contribution < 1.29 is 18.3 Å². The first-order chi connectivity index (χ1) is 13.2. The topological polar surface area (TPSA) is 108 Å². The van der Waals surface area contributed by atoms with E-state index in [0.29, 0.717) is 22.3 Å².